The topological polar surface area (TPSA) is 162 Å². The van der Waals surface area contributed by atoms with Crippen LogP contribution in [-0.4, -0.2) is 97.0 Å². The first-order valence-electron chi connectivity index (χ1n) is 16.4. The maximum absolute atomic E-state index is 12.8. The quantitative estimate of drug-likeness (QED) is 0.130. The highest BCUT2D eigenvalue weighted by Crippen LogP contribution is 2.34. The number of ether oxygens (including phenoxy) is 8. The van der Waals surface area contributed by atoms with Gasteiger partial charge in [0.2, 0.25) is 0 Å². The van der Waals surface area contributed by atoms with E-state index in [0.29, 0.717) is 13.0 Å². The lowest BCUT2D eigenvalue weighted by molar-refractivity contribution is -0.355. The van der Waals surface area contributed by atoms with Gasteiger partial charge < -0.3 is 43.0 Å². The van der Waals surface area contributed by atoms with Gasteiger partial charge in [0.25, 0.3) is 0 Å². The summed E-state index contributed by atoms with van der Waals surface area (Å²) in [6.07, 6.45) is -2.92. The van der Waals surface area contributed by atoms with Gasteiger partial charge in [0.05, 0.1) is 12.2 Å². The number of carbonyl (C=O) groups excluding carboxylic acids is 4. The minimum absolute atomic E-state index is 0.170. The van der Waals surface area contributed by atoms with Crippen molar-refractivity contribution in [2.24, 2.45) is 0 Å². The van der Waals surface area contributed by atoms with Gasteiger partial charge in [-0.25, -0.2) is 0 Å². The van der Waals surface area contributed by atoms with Crippen LogP contribution in [0.15, 0.2) is 0 Å². The zero-order valence-corrected chi connectivity index (χ0v) is 27.9. The summed E-state index contributed by atoms with van der Waals surface area (Å²) in [7, 11) is 0. The van der Waals surface area contributed by atoms with Crippen LogP contribution in [0, 0.1) is 0 Å². The Hall–Kier alpha value is -2.32. The first-order chi connectivity index (χ1) is 21.4. The Morgan fingerprint density at radius 2 is 1.09 bits per heavy atom. The van der Waals surface area contributed by atoms with Crippen LogP contribution < -0.4 is 0 Å². The van der Waals surface area contributed by atoms with Crippen LogP contribution in [0.2, 0.25) is 0 Å². The molecular formula is C32H54O13. The van der Waals surface area contributed by atoms with E-state index >= 15 is 0 Å². The molecule has 10 unspecified atom stereocenters. The SMILES string of the molecule is CCCCCCCCOC1OC(C)C(OC(=O)CCCCC)C(OC2OC(C)C(OC(C)=O)C(OC(C)=O)C2OC(C)=O)C1O. The second kappa shape index (κ2) is 20.0. The molecule has 0 saturated carbocycles. The van der Waals surface area contributed by atoms with Crippen molar-refractivity contribution in [1.29, 1.82) is 0 Å². The van der Waals surface area contributed by atoms with E-state index < -0.39 is 85.3 Å². The summed E-state index contributed by atoms with van der Waals surface area (Å²) >= 11 is 0. The van der Waals surface area contributed by atoms with Gasteiger partial charge in [0, 0.05) is 33.8 Å². The predicted molar refractivity (Wildman–Crippen MR) is 160 cm³/mol. The second-order valence-corrected chi connectivity index (χ2v) is 11.8. The van der Waals surface area contributed by atoms with Gasteiger partial charge in [0.15, 0.2) is 37.0 Å². The maximum atomic E-state index is 12.8. The highest BCUT2D eigenvalue weighted by molar-refractivity contribution is 5.70. The standard InChI is InChI=1S/C32H54O13/c1-8-10-12-13-14-16-18-38-31-25(37)28(26(19(3)39-31)44-24(36)17-15-11-9-2)45-32-30(43-23(7)35)29(42-22(6)34)27(20(4)40-32)41-21(5)33/h19-20,25-32,37H,8-18H2,1-7H3. The number of rotatable bonds is 18. The number of hydrogen-bond donors (Lipinski definition) is 1. The summed E-state index contributed by atoms with van der Waals surface area (Å²) < 4.78 is 46.3. The molecule has 0 spiro atoms. The molecule has 2 saturated heterocycles. The van der Waals surface area contributed by atoms with Crippen molar-refractivity contribution in [3.8, 4) is 0 Å². The molecule has 2 heterocycles. The molecule has 0 amide bonds. The molecule has 1 N–H and O–H groups in total. The Kier molecular flexibility index (Phi) is 17.3. The number of hydrogen-bond acceptors (Lipinski definition) is 13. The molecule has 0 aromatic carbocycles. The van der Waals surface area contributed by atoms with Crippen molar-refractivity contribution < 1.29 is 62.2 Å². The summed E-state index contributed by atoms with van der Waals surface area (Å²) in [6, 6.07) is 0. The largest absolute Gasteiger partial charge is 0.457 e. The third-order valence-electron chi connectivity index (χ3n) is 7.71. The van der Waals surface area contributed by atoms with Crippen LogP contribution in [0.3, 0.4) is 0 Å². The van der Waals surface area contributed by atoms with E-state index in [0.717, 1.165) is 58.8 Å². The third kappa shape index (κ3) is 12.8. The van der Waals surface area contributed by atoms with Crippen LogP contribution in [0.5, 0.6) is 0 Å². The molecule has 2 aliphatic rings. The summed E-state index contributed by atoms with van der Waals surface area (Å²) in [5.74, 6) is -2.62. The fourth-order valence-electron chi connectivity index (χ4n) is 5.49. The zero-order valence-electron chi connectivity index (χ0n) is 27.9. The lowest BCUT2D eigenvalue weighted by atomic mass is 9.96. The molecule has 2 aliphatic heterocycles. The molecule has 0 aromatic heterocycles. The van der Waals surface area contributed by atoms with Crippen LogP contribution in [0.4, 0.5) is 0 Å². The van der Waals surface area contributed by atoms with Crippen molar-refractivity contribution in [3.63, 3.8) is 0 Å². The monoisotopic (exact) mass is 646 g/mol. The zero-order chi connectivity index (χ0) is 33.5. The minimum atomic E-state index is -1.44. The van der Waals surface area contributed by atoms with E-state index in [1.54, 1.807) is 13.8 Å². The van der Waals surface area contributed by atoms with Crippen LogP contribution in [-0.2, 0) is 57.1 Å². The van der Waals surface area contributed by atoms with E-state index in [1.807, 2.05) is 6.92 Å². The predicted octanol–water partition coefficient (Wildman–Crippen LogP) is 3.89. The van der Waals surface area contributed by atoms with Crippen molar-refractivity contribution >= 4 is 23.9 Å². The number of unbranched alkanes of at least 4 members (excludes halogenated alkanes) is 7. The molecule has 13 nitrogen and oxygen atoms in total. The Bertz CT molecular complexity index is 927. The number of aliphatic hydroxyl groups is 1. The molecule has 0 bridgehead atoms. The lowest BCUT2D eigenvalue weighted by Crippen LogP contribution is -2.65. The fourth-order valence-corrected chi connectivity index (χ4v) is 5.49. The normalized spacial score (nSPS) is 31.6. The van der Waals surface area contributed by atoms with E-state index in [2.05, 4.69) is 6.92 Å². The molecule has 45 heavy (non-hydrogen) atoms. The van der Waals surface area contributed by atoms with E-state index in [-0.39, 0.29) is 6.42 Å². The van der Waals surface area contributed by atoms with E-state index in [1.165, 1.54) is 13.3 Å². The smallest absolute Gasteiger partial charge is 0.306 e. The summed E-state index contributed by atoms with van der Waals surface area (Å²) in [5.41, 5.74) is 0. The summed E-state index contributed by atoms with van der Waals surface area (Å²) in [5, 5.41) is 11.5. The van der Waals surface area contributed by atoms with Crippen LogP contribution in [0.1, 0.15) is 113 Å². The van der Waals surface area contributed by atoms with Gasteiger partial charge in [-0.2, -0.15) is 0 Å². The highest BCUT2D eigenvalue weighted by atomic mass is 16.8. The maximum Gasteiger partial charge on any atom is 0.306 e. The van der Waals surface area contributed by atoms with Crippen molar-refractivity contribution in [2.45, 2.75) is 174 Å². The Morgan fingerprint density at radius 3 is 1.69 bits per heavy atom. The van der Waals surface area contributed by atoms with Crippen molar-refractivity contribution in [3.05, 3.63) is 0 Å². The van der Waals surface area contributed by atoms with E-state index in [4.69, 9.17) is 37.9 Å². The van der Waals surface area contributed by atoms with Gasteiger partial charge >= 0.3 is 23.9 Å². The Balaban J connectivity index is 2.33. The van der Waals surface area contributed by atoms with Gasteiger partial charge in [-0.05, 0) is 26.7 Å². The fraction of sp³-hybridized carbons (Fsp3) is 0.875. The highest BCUT2D eigenvalue weighted by Gasteiger charge is 2.55. The van der Waals surface area contributed by atoms with Gasteiger partial charge in [0.1, 0.15) is 12.2 Å². The Morgan fingerprint density at radius 1 is 0.600 bits per heavy atom. The molecule has 10 atom stereocenters. The Labute approximate surface area is 266 Å². The second-order valence-electron chi connectivity index (χ2n) is 11.8. The molecule has 0 aromatic rings. The molecular weight excluding hydrogens is 592 g/mol. The number of esters is 4. The average molecular weight is 647 g/mol. The molecule has 260 valence electrons. The molecule has 0 radical (unpaired) electrons. The average Bonchev–Trinajstić information content (AvgIpc) is 2.95. The van der Waals surface area contributed by atoms with E-state index in [9.17, 15) is 24.3 Å². The summed E-state index contributed by atoms with van der Waals surface area (Å²) in [4.78, 5) is 48.9. The first-order valence-corrected chi connectivity index (χ1v) is 16.4. The van der Waals surface area contributed by atoms with Crippen LogP contribution >= 0.6 is 0 Å². The summed E-state index contributed by atoms with van der Waals surface area (Å²) in [6.45, 7) is 11.3. The van der Waals surface area contributed by atoms with Crippen LogP contribution in [0.25, 0.3) is 0 Å². The minimum Gasteiger partial charge on any atom is -0.457 e. The van der Waals surface area contributed by atoms with Crippen molar-refractivity contribution in [2.75, 3.05) is 6.61 Å². The molecule has 0 aliphatic carbocycles. The first kappa shape index (κ1) is 38.9. The number of carbonyl (C=O) groups is 4. The molecule has 2 rings (SSSR count). The van der Waals surface area contributed by atoms with Gasteiger partial charge in [-0.1, -0.05) is 58.8 Å². The van der Waals surface area contributed by atoms with Crippen molar-refractivity contribution in [1.82, 2.24) is 0 Å². The van der Waals surface area contributed by atoms with Gasteiger partial charge in [-0.3, -0.25) is 19.2 Å². The third-order valence-corrected chi connectivity index (χ3v) is 7.71. The lowest BCUT2D eigenvalue weighted by Gasteiger charge is -2.47. The molecule has 2 fully saturated rings. The number of aliphatic hydroxyl groups excluding tert-OH is 1. The van der Waals surface area contributed by atoms with Gasteiger partial charge in [-0.15, -0.1) is 0 Å². The molecule has 13 heteroatoms.